The quantitative estimate of drug-likeness (QED) is 0.564. The predicted molar refractivity (Wildman–Crippen MR) is 99.8 cm³/mol. The van der Waals surface area contributed by atoms with Crippen LogP contribution in [0, 0.1) is 10.1 Å². The zero-order valence-electron chi connectivity index (χ0n) is 14.6. The van der Waals surface area contributed by atoms with Gasteiger partial charge < -0.3 is 15.0 Å². The van der Waals surface area contributed by atoms with Gasteiger partial charge in [0, 0.05) is 24.2 Å². The standard InChI is InChI=1S/C18H20ClN3O4/c1-21(2)8-9-26-15-5-3-4-13(10-15)12-20-18(23)16-7-6-14(19)11-17(16)22(24)25/h3-7,10-11H,8-9,12H2,1-2H3,(H,20,23). The second-order valence-corrected chi connectivity index (χ2v) is 6.34. The van der Waals surface area contributed by atoms with Crippen molar-refractivity contribution in [1.82, 2.24) is 10.2 Å². The molecule has 0 aliphatic carbocycles. The Balaban J connectivity index is 2.00. The second-order valence-electron chi connectivity index (χ2n) is 5.90. The van der Waals surface area contributed by atoms with E-state index in [2.05, 4.69) is 5.32 Å². The molecule has 8 heteroatoms. The molecule has 0 radical (unpaired) electrons. The van der Waals surface area contributed by atoms with Crippen LogP contribution >= 0.6 is 11.6 Å². The first-order valence-corrected chi connectivity index (χ1v) is 8.33. The van der Waals surface area contributed by atoms with E-state index in [1.54, 1.807) is 0 Å². The van der Waals surface area contributed by atoms with E-state index < -0.39 is 10.8 Å². The number of hydrogen-bond acceptors (Lipinski definition) is 5. The average molecular weight is 378 g/mol. The zero-order valence-corrected chi connectivity index (χ0v) is 15.3. The minimum Gasteiger partial charge on any atom is -0.492 e. The molecule has 0 fully saturated rings. The summed E-state index contributed by atoms with van der Waals surface area (Å²) in [6, 6.07) is 11.3. The summed E-state index contributed by atoms with van der Waals surface area (Å²) in [5.74, 6) is 0.170. The molecule has 138 valence electrons. The van der Waals surface area contributed by atoms with Gasteiger partial charge in [0.25, 0.3) is 11.6 Å². The molecule has 0 aliphatic rings. The summed E-state index contributed by atoms with van der Waals surface area (Å²) in [6.07, 6.45) is 0. The largest absolute Gasteiger partial charge is 0.492 e. The number of ether oxygens (including phenoxy) is 1. The number of nitrogens with zero attached hydrogens (tertiary/aromatic N) is 2. The fourth-order valence-corrected chi connectivity index (χ4v) is 2.38. The van der Waals surface area contributed by atoms with Gasteiger partial charge in [-0.15, -0.1) is 0 Å². The number of amides is 1. The van der Waals surface area contributed by atoms with Gasteiger partial charge in [0.2, 0.25) is 0 Å². The van der Waals surface area contributed by atoms with E-state index in [-0.39, 0.29) is 22.8 Å². The Bertz CT molecular complexity index is 796. The zero-order chi connectivity index (χ0) is 19.1. The van der Waals surface area contributed by atoms with E-state index >= 15 is 0 Å². The molecule has 2 aromatic rings. The van der Waals surface area contributed by atoms with Gasteiger partial charge in [0.1, 0.15) is 17.9 Å². The predicted octanol–water partition coefficient (Wildman–Crippen LogP) is 3.12. The summed E-state index contributed by atoms with van der Waals surface area (Å²) < 4.78 is 5.65. The Kier molecular flexibility index (Phi) is 6.94. The molecule has 7 nitrogen and oxygen atoms in total. The minimum absolute atomic E-state index is 0.0298. The Morgan fingerprint density at radius 2 is 2.04 bits per heavy atom. The van der Waals surface area contributed by atoms with Crippen molar-refractivity contribution in [3.05, 3.63) is 68.7 Å². The van der Waals surface area contributed by atoms with E-state index in [1.165, 1.54) is 12.1 Å². The molecule has 26 heavy (non-hydrogen) atoms. The molecule has 0 spiro atoms. The number of carbonyl (C=O) groups excluding carboxylic acids is 1. The molecule has 0 atom stereocenters. The van der Waals surface area contributed by atoms with Crippen molar-refractivity contribution < 1.29 is 14.5 Å². The molecular weight excluding hydrogens is 358 g/mol. The Morgan fingerprint density at radius 3 is 2.73 bits per heavy atom. The molecule has 0 saturated carbocycles. The number of hydrogen-bond donors (Lipinski definition) is 1. The topological polar surface area (TPSA) is 84.7 Å². The highest BCUT2D eigenvalue weighted by Crippen LogP contribution is 2.23. The monoisotopic (exact) mass is 377 g/mol. The number of halogens is 1. The molecule has 0 heterocycles. The van der Waals surface area contributed by atoms with Crippen molar-refractivity contribution in [3.63, 3.8) is 0 Å². The number of nitrogens with one attached hydrogen (secondary N) is 1. The third kappa shape index (κ3) is 5.72. The minimum atomic E-state index is -0.625. The van der Waals surface area contributed by atoms with Gasteiger partial charge in [0.15, 0.2) is 0 Å². The summed E-state index contributed by atoms with van der Waals surface area (Å²) in [5, 5.41) is 14.0. The van der Waals surface area contributed by atoms with Crippen molar-refractivity contribution in [3.8, 4) is 5.75 Å². The van der Waals surface area contributed by atoms with Gasteiger partial charge in [-0.05, 0) is 43.9 Å². The highest BCUT2D eigenvalue weighted by Gasteiger charge is 2.20. The van der Waals surface area contributed by atoms with Crippen molar-refractivity contribution in [2.45, 2.75) is 6.54 Å². The highest BCUT2D eigenvalue weighted by atomic mass is 35.5. The first kappa shape index (κ1) is 19.7. The van der Waals surface area contributed by atoms with Gasteiger partial charge in [-0.3, -0.25) is 14.9 Å². The first-order chi connectivity index (χ1) is 12.4. The van der Waals surface area contributed by atoms with Crippen LogP contribution in [-0.4, -0.2) is 43.0 Å². The summed E-state index contributed by atoms with van der Waals surface area (Å²) in [4.78, 5) is 24.8. The van der Waals surface area contributed by atoms with Crippen LogP contribution in [0.4, 0.5) is 5.69 Å². The average Bonchev–Trinajstić information content (AvgIpc) is 2.59. The van der Waals surface area contributed by atoms with Crippen LogP contribution in [0.2, 0.25) is 5.02 Å². The number of benzene rings is 2. The van der Waals surface area contributed by atoms with E-state index in [1.807, 2.05) is 43.3 Å². The molecule has 1 N–H and O–H groups in total. The Hall–Kier alpha value is -2.64. The maximum absolute atomic E-state index is 12.3. The van der Waals surface area contributed by atoms with Crippen molar-refractivity contribution in [2.75, 3.05) is 27.2 Å². The lowest BCUT2D eigenvalue weighted by atomic mass is 10.1. The van der Waals surface area contributed by atoms with Crippen LogP contribution in [0.3, 0.4) is 0 Å². The summed E-state index contributed by atoms with van der Waals surface area (Å²) in [5.41, 5.74) is 0.478. The number of nitro groups is 1. The molecule has 2 rings (SSSR count). The second kappa shape index (κ2) is 9.17. The lowest BCUT2D eigenvalue weighted by molar-refractivity contribution is -0.385. The summed E-state index contributed by atoms with van der Waals surface area (Å²) >= 11 is 5.76. The molecule has 0 aliphatic heterocycles. The van der Waals surface area contributed by atoms with Gasteiger partial charge in [-0.25, -0.2) is 0 Å². The van der Waals surface area contributed by atoms with Crippen LogP contribution in [0.15, 0.2) is 42.5 Å². The maximum atomic E-state index is 12.3. The van der Waals surface area contributed by atoms with E-state index in [9.17, 15) is 14.9 Å². The molecule has 2 aromatic carbocycles. The molecular formula is C18H20ClN3O4. The van der Waals surface area contributed by atoms with E-state index in [0.717, 1.165) is 18.2 Å². The Morgan fingerprint density at radius 1 is 1.27 bits per heavy atom. The first-order valence-electron chi connectivity index (χ1n) is 7.95. The van der Waals surface area contributed by atoms with Crippen LogP contribution in [0.25, 0.3) is 0 Å². The lowest BCUT2D eigenvalue weighted by Gasteiger charge is -2.12. The van der Waals surface area contributed by atoms with Crippen LogP contribution in [0.5, 0.6) is 5.75 Å². The highest BCUT2D eigenvalue weighted by molar-refractivity contribution is 6.31. The Labute approximate surface area is 156 Å². The fourth-order valence-electron chi connectivity index (χ4n) is 2.22. The maximum Gasteiger partial charge on any atom is 0.283 e. The fraction of sp³-hybridized carbons (Fsp3) is 0.278. The number of likely N-dealkylation sites (N-methyl/N-ethyl adjacent to an activating group) is 1. The molecule has 0 aromatic heterocycles. The van der Waals surface area contributed by atoms with Crippen LogP contribution in [0.1, 0.15) is 15.9 Å². The SMILES string of the molecule is CN(C)CCOc1cccc(CNC(=O)c2ccc(Cl)cc2[N+](=O)[O-])c1. The lowest BCUT2D eigenvalue weighted by Crippen LogP contribution is -2.23. The molecule has 0 saturated heterocycles. The van der Waals surface area contributed by atoms with Gasteiger partial charge in [0.05, 0.1) is 4.92 Å². The van der Waals surface area contributed by atoms with Gasteiger partial charge >= 0.3 is 0 Å². The van der Waals surface area contributed by atoms with E-state index in [4.69, 9.17) is 16.3 Å². The van der Waals surface area contributed by atoms with Gasteiger partial charge in [-0.2, -0.15) is 0 Å². The number of rotatable bonds is 8. The summed E-state index contributed by atoms with van der Waals surface area (Å²) in [7, 11) is 3.93. The van der Waals surface area contributed by atoms with Crippen LogP contribution in [-0.2, 0) is 6.54 Å². The number of nitro benzene ring substituents is 1. The molecule has 0 unspecified atom stereocenters. The third-order valence-electron chi connectivity index (χ3n) is 3.56. The van der Waals surface area contributed by atoms with E-state index in [0.29, 0.717) is 12.4 Å². The van der Waals surface area contributed by atoms with Crippen molar-refractivity contribution >= 4 is 23.2 Å². The molecule has 0 bridgehead atoms. The van der Waals surface area contributed by atoms with Gasteiger partial charge in [-0.1, -0.05) is 23.7 Å². The van der Waals surface area contributed by atoms with Crippen LogP contribution < -0.4 is 10.1 Å². The smallest absolute Gasteiger partial charge is 0.283 e. The van der Waals surface area contributed by atoms with Crippen molar-refractivity contribution in [1.29, 1.82) is 0 Å². The molecule has 1 amide bonds. The summed E-state index contributed by atoms with van der Waals surface area (Å²) in [6.45, 7) is 1.57. The normalized spacial score (nSPS) is 10.6. The number of carbonyl (C=O) groups is 1. The third-order valence-corrected chi connectivity index (χ3v) is 3.79. The van der Waals surface area contributed by atoms with Crippen molar-refractivity contribution in [2.24, 2.45) is 0 Å².